The third-order valence-corrected chi connectivity index (χ3v) is 1.27. The van der Waals surface area contributed by atoms with Crippen molar-refractivity contribution in [3.8, 4) is 0 Å². The molecular formula is C8H9AuN2S. The van der Waals surface area contributed by atoms with Gasteiger partial charge in [-0.05, 0) is 6.33 Å². The van der Waals surface area contributed by atoms with Gasteiger partial charge in [0.25, 0.3) is 0 Å². The molecular weight excluding hydrogens is 353 g/mol. The van der Waals surface area contributed by atoms with Gasteiger partial charge in [-0.2, -0.15) is 0 Å². The van der Waals surface area contributed by atoms with Gasteiger partial charge in [0, 0.05) is 0 Å². The molecule has 1 aromatic heterocycles. The summed E-state index contributed by atoms with van der Waals surface area (Å²) in [5.74, 6) is 0. The molecule has 0 unspecified atom stereocenters. The molecule has 0 fully saturated rings. The molecule has 0 atom stereocenters. The van der Waals surface area contributed by atoms with Crippen LogP contribution in [0, 0.1) is 13.8 Å². The third kappa shape index (κ3) is 2.68. The van der Waals surface area contributed by atoms with E-state index in [9.17, 15) is 0 Å². The molecule has 1 heterocycles. The molecule has 1 aromatic carbocycles. The smallest absolute Gasteiger partial charge is 0.813 e. The maximum absolute atomic E-state index is 3.94. The van der Waals surface area contributed by atoms with Gasteiger partial charge in [0.05, 0.1) is 0 Å². The maximum atomic E-state index is 3.94. The van der Waals surface area contributed by atoms with E-state index in [0.717, 1.165) is 11.0 Å². The molecule has 68 valence electrons. The van der Waals surface area contributed by atoms with Crippen molar-refractivity contribution in [1.82, 2.24) is 9.97 Å². The Hall–Kier alpha value is -0.220. The Morgan fingerprint density at radius 2 is 1.92 bits per heavy atom. The monoisotopic (exact) mass is 362 g/mol. The zero-order valence-corrected chi connectivity index (χ0v) is 9.57. The summed E-state index contributed by atoms with van der Waals surface area (Å²) in [5, 5.41) is 0. The quantitative estimate of drug-likeness (QED) is 0.333. The Morgan fingerprint density at radius 3 is 2.58 bits per heavy atom. The van der Waals surface area contributed by atoms with Crippen molar-refractivity contribution in [3.05, 3.63) is 38.0 Å². The van der Waals surface area contributed by atoms with Crippen LogP contribution in [-0.2, 0) is 35.9 Å². The van der Waals surface area contributed by atoms with Gasteiger partial charge in [-0.25, -0.2) is 0 Å². The molecule has 0 spiro atoms. The van der Waals surface area contributed by atoms with Crippen LogP contribution in [-0.4, -0.2) is 9.97 Å². The number of para-hydroxylation sites is 2. The first-order valence-corrected chi connectivity index (χ1v) is 2.77. The second-order valence-electron chi connectivity index (χ2n) is 1.87. The maximum Gasteiger partial charge on any atom is 3.00 e. The van der Waals surface area contributed by atoms with E-state index >= 15 is 0 Å². The molecule has 0 aliphatic heterocycles. The number of fused-ring (bicyclic) bond motifs is 1. The van der Waals surface area contributed by atoms with E-state index in [4.69, 9.17) is 0 Å². The number of aromatic amines is 1. The molecule has 0 aliphatic rings. The van der Waals surface area contributed by atoms with Crippen molar-refractivity contribution in [2.75, 3.05) is 0 Å². The van der Waals surface area contributed by atoms with Gasteiger partial charge in [-0.3, -0.25) is 0 Å². The number of H-pyrrole nitrogens is 1. The number of thiol groups is 1. The summed E-state index contributed by atoms with van der Waals surface area (Å²) in [6.07, 6.45) is 2.66. The Morgan fingerprint density at radius 1 is 1.25 bits per heavy atom. The Balaban J connectivity index is 0. The predicted octanol–water partition coefficient (Wildman–Crippen LogP) is 1.54. The van der Waals surface area contributed by atoms with E-state index in [2.05, 4.69) is 16.3 Å². The molecule has 0 saturated carbocycles. The van der Waals surface area contributed by atoms with E-state index in [1.807, 2.05) is 24.3 Å². The van der Waals surface area contributed by atoms with E-state index in [1.54, 1.807) is 0 Å². The molecule has 2 rings (SSSR count). The molecule has 2 aromatic rings. The van der Waals surface area contributed by atoms with Crippen molar-refractivity contribution in [2.24, 2.45) is 0 Å². The molecule has 1 N–H and O–H groups in total. The standard InChI is InChI=1S/C7H5N2.CH3.Au.H2S/c1-2-4-7-6(3-1)8-5-9-7;;;/h1-4H,(H,8,9);1H3;;1H2/q2*-1;+3;/p-1. The van der Waals surface area contributed by atoms with Crippen LogP contribution in [0.2, 0.25) is 0 Å². The fourth-order valence-corrected chi connectivity index (χ4v) is 0.825. The minimum Gasteiger partial charge on any atom is -0.813 e. The van der Waals surface area contributed by atoms with Crippen LogP contribution < -0.4 is 0 Å². The number of hydrogen-bond acceptors (Lipinski definition) is 2. The van der Waals surface area contributed by atoms with Crippen LogP contribution in [0.25, 0.3) is 11.0 Å². The third-order valence-electron chi connectivity index (χ3n) is 1.27. The molecule has 0 aliphatic carbocycles. The zero-order valence-electron chi connectivity index (χ0n) is 6.51. The summed E-state index contributed by atoms with van der Waals surface area (Å²) in [4.78, 5) is 6.82. The fourth-order valence-electron chi connectivity index (χ4n) is 0.825. The largest absolute Gasteiger partial charge is 3.00 e. The molecule has 0 bridgehead atoms. The topological polar surface area (TPSA) is 28.7 Å². The first kappa shape index (κ1) is 14.3. The van der Waals surface area contributed by atoms with Crippen molar-refractivity contribution in [1.29, 1.82) is 0 Å². The summed E-state index contributed by atoms with van der Waals surface area (Å²) in [7, 11) is 0. The molecule has 4 heteroatoms. The fraction of sp³-hybridized carbons (Fsp3) is 0. The van der Waals surface area contributed by atoms with E-state index in [-0.39, 0.29) is 43.3 Å². The predicted molar refractivity (Wildman–Crippen MR) is 50.1 cm³/mol. The molecule has 12 heavy (non-hydrogen) atoms. The van der Waals surface area contributed by atoms with Crippen molar-refractivity contribution in [2.45, 2.75) is 0 Å². The number of aromatic nitrogens is 2. The van der Waals surface area contributed by atoms with Crippen molar-refractivity contribution in [3.63, 3.8) is 0 Å². The van der Waals surface area contributed by atoms with E-state index in [0.29, 0.717) is 0 Å². The summed E-state index contributed by atoms with van der Waals surface area (Å²) < 4.78 is 0. The first-order chi connectivity index (χ1) is 4.47. The van der Waals surface area contributed by atoms with Crippen LogP contribution in [0.4, 0.5) is 0 Å². The second-order valence-corrected chi connectivity index (χ2v) is 1.87. The van der Waals surface area contributed by atoms with Crippen LogP contribution >= 0.6 is 0 Å². The van der Waals surface area contributed by atoms with Crippen LogP contribution in [0.3, 0.4) is 0 Å². The minimum absolute atomic E-state index is 0. The van der Waals surface area contributed by atoms with Gasteiger partial charge >= 0.3 is 22.4 Å². The summed E-state index contributed by atoms with van der Waals surface area (Å²) in [6, 6.07) is 7.84. The molecule has 2 nitrogen and oxygen atoms in total. The Kier molecular flexibility index (Phi) is 7.53. The van der Waals surface area contributed by atoms with Gasteiger partial charge < -0.3 is 30.9 Å². The normalized spacial score (nSPS) is 7.67. The molecule has 0 radical (unpaired) electrons. The summed E-state index contributed by atoms with van der Waals surface area (Å²) in [6.45, 7) is 0. The Labute approximate surface area is 94.7 Å². The number of imidazole rings is 1. The van der Waals surface area contributed by atoms with Crippen LogP contribution in [0.5, 0.6) is 0 Å². The van der Waals surface area contributed by atoms with Gasteiger partial charge in [0.2, 0.25) is 0 Å². The van der Waals surface area contributed by atoms with E-state index < -0.39 is 0 Å². The zero-order chi connectivity index (χ0) is 6.10. The van der Waals surface area contributed by atoms with Crippen LogP contribution in [0.15, 0.2) is 24.3 Å². The SMILES string of the molecule is [Au+3].[CH3-].[SH-].[c-]1nc2ccccc2[nH]1. The van der Waals surface area contributed by atoms with Crippen molar-refractivity contribution < 1.29 is 22.4 Å². The van der Waals surface area contributed by atoms with E-state index in [1.165, 1.54) is 0 Å². The van der Waals surface area contributed by atoms with Gasteiger partial charge in [-0.1, -0.05) is 23.2 Å². The second kappa shape index (κ2) is 6.31. The number of benzene rings is 1. The van der Waals surface area contributed by atoms with Crippen LogP contribution in [0.1, 0.15) is 0 Å². The molecule has 0 saturated heterocycles. The number of nitrogens with one attached hydrogen (secondary N) is 1. The van der Waals surface area contributed by atoms with Gasteiger partial charge in [0.15, 0.2) is 0 Å². The number of nitrogens with zero attached hydrogens (tertiary/aromatic N) is 1. The Bertz CT molecular complexity index is 291. The number of hydrogen-bond donors (Lipinski definition) is 1. The minimum atomic E-state index is 0. The average molecular weight is 362 g/mol. The van der Waals surface area contributed by atoms with Crippen molar-refractivity contribution >= 4 is 24.5 Å². The summed E-state index contributed by atoms with van der Waals surface area (Å²) >= 11 is 0. The van der Waals surface area contributed by atoms with Gasteiger partial charge in [0.1, 0.15) is 0 Å². The average Bonchev–Trinajstić information content (AvgIpc) is 2.33. The molecule has 0 amide bonds. The first-order valence-electron chi connectivity index (χ1n) is 2.77. The summed E-state index contributed by atoms with van der Waals surface area (Å²) in [5.41, 5.74) is 2.01. The number of rotatable bonds is 0. The van der Waals surface area contributed by atoms with Gasteiger partial charge in [-0.15, -0.1) is 12.1 Å².